The number of hydrogen-bond acceptors (Lipinski definition) is 2. The number of carbonyl (C=O) groups excluding carboxylic acids is 1. The van der Waals surface area contributed by atoms with Crippen LogP contribution in [-0.2, 0) is 16.0 Å². The summed E-state index contributed by atoms with van der Waals surface area (Å²) in [6.45, 7) is 0.340. The second kappa shape index (κ2) is 7.25. The summed E-state index contributed by atoms with van der Waals surface area (Å²) in [4.78, 5) is 11.6. The van der Waals surface area contributed by atoms with Crippen LogP contribution in [0.25, 0.3) is 0 Å². The molecule has 0 heterocycles. The Morgan fingerprint density at radius 2 is 2.24 bits per heavy atom. The Kier molecular flexibility index (Phi) is 5.94. The van der Waals surface area contributed by atoms with Crippen molar-refractivity contribution in [2.75, 3.05) is 19.6 Å². The van der Waals surface area contributed by atoms with Gasteiger partial charge in [0.2, 0.25) is 5.91 Å². The first-order chi connectivity index (χ1) is 8.17. The highest BCUT2D eigenvalue weighted by Gasteiger charge is 2.12. The van der Waals surface area contributed by atoms with Crippen LogP contribution in [0.1, 0.15) is 5.56 Å². The Bertz CT molecular complexity index is 373. The summed E-state index contributed by atoms with van der Waals surface area (Å²) >= 11 is 5.66. The Morgan fingerprint density at radius 3 is 2.82 bits per heavy atom. The van der Waals surface area contributed by atoms with Crippen LogP contribution >= 0.6 is 11.6 Å². The lowest BCUT2D eigenvalue weighted by Gasteiger charge is -2.15. The van der Waals surface area contributed by atoms with E-state index in [1.165, 1.54) is 13.2 Å². The zero-order chi connectivity index (χ0) is 12.7. The summed E-state index contributed by atoms with van der Waals surface area (Å²) in [7, 11) is 1.53. The van der Waals surface area contributed by atoms with Crippen LogP contribution in [0.5, 0.6) is 0 Å². The quantitative estimate of drug-likeness (QED) is 0.791. The van der Waals surface area contributed by atoms with Crippen molar-refractivity contribution >= 4 is 17.5 Å². The molecule has 0 aliphatic heterocycles. The molecule has 0 radical (unpaired) electrons. The van der Waals surface area contributed by atoms with E-state index >= 15 is 0 Å². The third-order valence-electron chi connectivity index (χ3n) is 2.23. The lowest BCUT2D eigenvalue weighted by Crippen LogP contribution is -2.40. The summed E-state index contributed by atoms with van der Waals surface area (Å²) < 4.78 is 18.2. The van der Waals surface area contributed by atoms with E-state index in [-0.39, 0.29) is 30.1 Å². The molecule has 1 atom stereocenters. The number of methoxy groups -OCH3 is 1. The Hall–Kier alpha value is -1.13. The van der Waals surface area contributed by atoms with Gasteiger partial charge < -0.3 is 10.1 Å². The lowest BCUT2D eigenvalue weighted by atomic mass is 10.1. The zero-order valence-electron chi connectivity index (χ0n) is 9.58. The number of hydrogen-bond donors (Lipinski definition) is 1. The maximum Gasteiger partial charge on any atom is 0.224 e. The standard InChI is InChI=1S/C12H15ClFNO2/c1-17-8-10(7-13)15-12(16)6-9-4-2-3-5-11(9)14/h2-5,10H,6-8H2,1H3,(H,15,16). The minimum atomic E-state index is -0.378. The van der Waals surface area contributed by atoms with Gasteiger partial charge in [-0.15, -0.1) is 11.6 Å². The number of rotatable bonds is 6. The molecule has 0 aliphatic rings. The molecular formula is C12H15ClFNO2. The molecule has 0 aliphatic carbocycles. The SMILES string of the molecule is COCC(CCl)NC(=O)Cc1ccccc1F. The molecule has 1 unspecified atom stereocenters. The Labute approximate surface area is 105 Å². The highest BCUT2D eigenvalue weighted by Crippen LogP contribution is 2.07. The molecule has 17 heavy (non-hydrogen) atoms. The van der Waals surface area contributed by atoms with Gasteiger partial charge in [0, 0.05) is 13.0 Å². The number of alkyl halides is 1. The van der Waals surface area contributed by atoms with Gasteiger partial charge in [0.05, 0.1) is 19.1 Å². The number of amides is 1. The number of nitrogens with one attached hydrogen (secondary N) is 1. The summed E-state index contributed by atoms with van der Waals surface area (Å²) in [5.41, 5.74) is 0.371. The first kappa shape index (κ1) is 13.9. The van der Waals surface area contributed by atoms with Crippen molar-refractivity contribution in [3.63, 3.8) is 0 Å². The smallest absolute Gasteiger partial charge is 0.224 e. The molecule has 0 fully saturated rings. The molecule has 1 N–H and O–H groups in total. The topological polar surface area (TPSA) is 38.3 Å². The van der Waals surface area contributed by atoms with Gasteiger partial charge in [-0.3, -0.25) is 4.79 Å². The van der Waals surface area contributed by atoms with E-state index in [1.807, 2.05) is 0 Å². The first-order valence-corrected chi connectivity index (χ1v) is 5.78. The number of benzene rings is 1. The predicted molar refractivity (Wildman–Crippen MR) is 64.6 cm³/mol. The molecule has 0 aromatic heterocycles. The van der Waals surface area contributed by atoms with Gasteiger partial charge in [-0.1, -0.05) is 18.2 Å². The molecule has 0 saturated heterocycles. The van der Waals surface area contributed by atoms with Crippen molar-refractivity contribution in [2.45, 2.75) is 12.5 Å². The average Bonchev–Trinajstić information content (AvgIpc) is 2.31. The van der Waals surface area contributed by atoms with Gasteiger partial charge in [0.25, 0.3) is 0 Å². The molecule has 1 aromatic carbocycles. The molecule has 5 heteroatoms. The van der Waals surface area contributed by atoms with Crippen LogP contribution in [-0.4, -0.2) is 31.5 Å². The van der Waals surface area contributed by atoms with Gasteiger partial charge in [-0.05, 0) is 11.6 Å². The second-order valence-electron chi connectivity index (χ2n) is 3.64. The van der Waals surface area contributed by atoms with Crippen molar-refractivity contribution in [2.24, 2.45) is 0 Å². The number of ether oxygens (including phenoxy) is 1. The summed E-state index contributed by atoms with van der Waals surface area (Å²) in [5, 5.41) is 2.68. The van der Waals surface area contributed by atoms with E-state index in [1.54, 1.807) is 18.2 Å². The summed E-state index contributed by atoms with van der Waals surface area (Å²) in [6, 6.07) is 5.95. The van der Waals surface area contributed by atoms with Crippen LogP contribution in [0, 0.1) is 5.82 Å². The maximum absolute atomic E-state index is 13.3. The van der Waals surface area contributed by atoms with E-state index < -0.39 is 0 Å². The number of halogens is 2. The van der Waals surface area contributed by atoms with Crippen LogP contribution in [0.3, 0.4) is 0 Å². The van der Waals surface area contributed by atoms with Crippen molar-refractivity contribution in [1.29, 1.82) is 0 Å². The average molecular weight is 260 g/mol. The minimum Gasteiger partial charge on any atom is -0.383 e. The highest BCUT2D eigenvalue weighted by molar-refractivity contribution is 6.18. The van der Waals surface area contributed by atoms with Crippen molar-refractivity contribution < 1.29 is 13.9 Å². The third-order valence-corrected chi connectivity index (χ3v) is 2.60. The summed E-state index contributed by atoms with van der Waals surface area (Å²) in [5.74, 6) is -0.383. The van der Waals surface area contributed by atoms with Crippen molar-refractivity contribution in [3.05, 3.63) is 35.6 Å². The third kappa shape index (κ3) is 4.71. The molecule has 94 valence electrons. The second-order valence-corrected chi connectivity index (χ2v) is 3.95. The fraction of sp³-hybridized carbons (Fsp3) is 0.417. The molecule has 1 amide bonds. The molecular weight excluding hydrogens is 245 g/mol. The Morgan fingerprint density at radius 1 is 1.53 bits per heavy atom. The largest absolute Gasteiger partial charge is 0.383 e. The minimum absolute atomic E-state index is 0.00375. The maximum atomic E-state index is 13.3. The fourth-order valence-electron chi connectivity index (χ4n) is 1.42. The van der Waals surface area contributed by atoms with Crippen molar-refractivity contribution in [1.82, 2.24) is 5.32 Å². The van der Waals surface area contributed by atoms with Crippen LogP contribution in [0.4, 0.5) is 4.39 Å². The van der Waals surface area contributed by atoms with Gasteiger partial charge >= 0.3 is 0 Å². The number of carbonyl (C=O) groups is 1. The van der Waals surface area contributed by atoms with Crippen LogP contribution in [0.15, 0.2) is 24.3 Å². The summed E-state index contributed by atoms with van der Waals surface area (Å²) in [6.07, 6.45) is 0.00375. The van der Waals surface area contributed by atoms with E-state index in [4.69, 9.17) is 16.3 Å². The lowest BCUT2D eigenvalue weighted by molar-refractivity contribution is -0.121. The molecule has 0 spiro atoms. The monoisotopic (exact) mass is 259 g/mol. The van der Waals surface area contributed by atoms with Crippen LogP contribution < -0.4 is 5.32 Å². The van der Waals surface area contributed by atoms with Gasteiger partial charge in [0.15, 0.2) is 0 Å². The normalized spacial score (nSPS) is 12.2. The van der Waals surface area contributed by atoms with Crippen molar-refractivity contribution in [3.8, 4) is 0 Å². The van der Waals surface area contributed by atoms with Gasteiger partial charge in [-0.2, -0.15) is 0 Å². The molecule has 0 saturated carbocycles. The molecule has 0 bridgehead atoms. The predicted octanol–water partition coefficient (Wildman–Crippen LogP) is 1.74. The highest BCUT2D eigenvalue weighted by atomic mass is 35.5. The Balaban J connectivity index is 2.52. The first-order valence-electron chi connectivity index (χ1n) is 5.25. The van der Waals surface area contributed by atoms with Gasteiger partial charge in [-0.25, -0.2) is 4.39 Å². The molecule has 1 rings (SSSR count). The van der Waals surface area contributed by atoms with E-state index in [0.29, 0.717) is 12.2 Å². The molecule has 1 aromatic rings. The van der Waals surface area contributed by atoms with E-state index in [0.717, 1.165) is 0 Å². The van der Waals surface area contributed by atoms with Gasteiger partial charge in [0.1, 0.15) is 5.82 Å². The fourth-order valence-corrected chi connectivity index (χ4v) is 1.59. The molecule has 3 nitrogen and oxygen atoms in total. The zero-order valence-corrected chi connectivity index (χ0v) is 10.3. The van der Waals surface area contributed by atoms with Crippen LogP contribution in [0.2, 0.25) is 0 Å². The van der Waals surface area contributed by atoms with E-state index in [2.05, 4.69) is 5.32 Å². The van der Waals surface area contributed by atoms with E-state index in [9.17, 15) is 9.18 Å².